The highest BCUT2D eigenvalue weighted by molar-refractivity contribution is 5.68. The molecule has 0 spiro atoms. The van der Waals surface area contributed by atoms with Crippen molar-refractivity contribution in [3.05, 3.63) is 0 Å². The number of ether oxygens (including phenoxy) is 2. The third kappa shape index (κ3) is 2.88. The number of aliphatic hydroxyl groups is 4. The van der Waals surface area contributed by atoms with Gasteiger partial charge in [-0.3, -0.25) is 0 Å². The largest absolute Gasteiger partial charge is 0.480 e. The number of hydrogen-bond donors (Lipinski definition) is 5. The van der Waals surface area contributed by atoms with Crippen LogP contribution in [0, 0.1) is 0 Å². The molecule has 5 N–H and O–H groups in total. The van der Waals surface area contributed by atoms with Crippen LogP contribution in [-0.4, -0.2) is 75.4 Å². The fraction of sp³-hybridized carbons (Fsp3) is 0.875. The summed E-state index contributed by atoms with van der Waals surface area (Å²) in [6.45, 7) is -1.30. The first-order valence-electron chi connectivity index (χ1n) is 4.61. The van der Waals surface area contributed by atoms with Crippen LogP contribution in [-0.2, 0) is 14.3 Å². The minimum Gasteiger partial charge on any atom is -0.480 e. The molecule has 8 heteroatoms. The molecule has 0 aromatic carbocycles. The lowest BCUT2D eigenvalue weighted by Gasteiger charge is -2.39. The zero-order valence-electron chi connectivity index (χ0n) is 8.26. The molecular formula is C8H14O8. The molecule has 0 bridgehead atoms. The lowest BCUT2D eigenvalue weighted by atomic mass is 9.99. The van der Waals surface area contributed by atoms with Crippen LogP contribution in [0.2, 0.25) is 0 Å². The Labute approximate surface area is 90.6 Å². The van der Waals surface area contributed by atoms with E-state index in [1.807, 2.05) is 0 Å². The van der Waals surface area contributed by atoms with E-state index < -0.39 is 49.9 Å². The molecule has 94 valence electrons. The van der Waals surface area contributed by atoms with E-state index in [0.717, 1.165) is 0 Å². The Kier molecular flexibility index (Phi) is 4.59. The quantitative estimate of drug-likeness (QED) is 0.347. The number of aliphatic carboxylic acids is 1. The third-order valence-corrected chi connectivity index (χ3v) is 2.22. The van der Waals surface area contributed by atoms with Gasteiger partial charge in [-0.2, -0.15) is 0 Å². The number of carboxylic acid groups (broad SMARTS) is 1. The van der Waals surface area contributed by atoms with Crippen LogP contribution < -0.4 is 0 Å². The van der Waals surface area contributed by atoms with Crippen LogP contribution in [0.25, 0.3) is 0 Å². The predicted octanol–water partition coefficient (Wildman–Crippen LogP) is -3.11. The highest BCUT2D eigenvalue weighted by Crippen LogP contribution is 2.21. The number of hydrogen-bond acceptors (Lipinski definition) is 7. The Bertz CT molecular complexity index is 242. The van der Waals surface area contributed by atoms with Crippen molar-refractivity contribution < 1.29 is 39.8 Å². The van der Waals surface area contributed by atoms with Gasteiger partial charge in [-0.25, -0.2) is 4.79 Å². The van der Waals surface area contributed by atoms with E-state index in [2.05, 4.69) is 4.74 Å². The van der Waals surface area contributed by atoms with Gasteiger partial charge in [-0.1, -0.05) is 0 Å². The standard InChI is InChI=1S/C8H14O8/c9-1-3-5(12)6(13)7(14)8(16-3)15-2-4(10)11/h3,5-9,12-14H,1-2H2,(H,10,11)/t3?,5-,6?,7?,8+/m0/s1. The zero-order valence-corrected chi connectivity index (χ0v) is 8.26. The van der Waals surface area contributed by atoms with Gasteiger partial charge in [-0.05, 0) is 0 Å². The summed E-state index contributed by atoms with van der Waals surface area (Å²) in [4.78, 5) is 10.2. The average molecular weight is 238 g/mol. The van der Waals surface area contributed by atoms with E-state index in [-0.39, 0.29) is 0 Å². The second-order valence-corrected chi connectivity index (χ2v) is 3.40. The number of rotatable bonds is 4. The summed E-state index contributed by atoms with van der Waals surface area (Å²) in [7, 11) is 0. The van der Waals surface area contributed by atoms with Crippen molar-refractivity contribution in [2.45, 2.75) is 30.7 Å². The normalized spacial score (nSPS) is 39.6. The maximum absolute atomic E-state index is 10.2. The molecule has 0 aromatic heterocycles. The molecule has 1 aliphatic heterocycles. The lowest BCUT2D eigenvalue weighted by molar-refractivity contribution is -0.300. The number of carboxylic acids is 1. The van der Waals surface area contributed by atoms with E-state index in [1.165, 1.54) is 0 Å². The van der Waals surface area contributed by atoms with Gasteiger partial charge in [-0.15, -0.1) is 0 Å². The molecule has 0 amide bonds. The molecule has 5 atom stereocenters. The zero-order chi connectivity index (χ0) is 12.3. The predicted molar refractivity (Wildman–Crippen MR) is 47.4 cm³/mol. The maximum Gasteiger partial charge on any atom is 0.329 e. The third-order valence-electron chi connectivity index (χ3n) is 2.22. The Morgan fingerprint density at radius 3 is 2.31 bits per heavy atom. The molecule has 0 aliphatic carbocycles. The molecular weight excluding hydrogens is 224 g/mol. The Morgan fingerprint density at radius 2 is 1.81 bits per heavy atom. The summed E-state index contributed by atoms with van der Waals surface area (Å²) < 4.78 is 9.54. The van der Waals surface area contributed by atoms with Crippen LogP contribution >= 0.6 is 0 Å². The van der Waals surface area contributed by atoms with Crippen molar-refractivity contribution >= 4 is 5.97 Å². The van der Waals surface area contributed by atoms with Crippen molar-refractivity contribution in [3.63, 3.8) is 0 Å². The number of carbonyl (C=O) groups is 1. The van der Waals surface area contributed by atoms with Crippen molar-refractivity contribution in [1.82, 2.24) is 0 Å². The summed E-state index contributed by atoms with van der Waals surface area (Å²) in [6, 6.07) is 0. The first-order chi connectivity index (χ1) is 7.47. The van der Waals surface area contributed by atoms with E-state index in [4.69, 9.17) is 14.9 Å². The van der Waals surface area contributed by atoms with Crippen molar-refractivity contribution in [1.29, 1.82) is 0 Å². The smallest absolute Gasteiger partial charge is 0.329 e. The molecule has 1 saturated heterocycles. The number of aliphatic hydroxyl groups excluding tert-OH is 4. The van der Waals surface area contributed by atoms with Crippen molar-refractivity contribution in [2.75, 3.05) is 13.2 Å². The van der Waals surface area contributed by atoms with Gasteiger partial charge >= 0.3 is 5.97 Å². The van der Waals surface area contributed by atoms with Crippen molar-refractivity contribution in [2.24, 2.45) is 0 Å². The van der Waals surface area contributed by atoms with Crippen molar-refractivity contribution in [3.8, 4) is 0 Å². The van der Waals surface area contributed by atoms with Gasteiger partial charge in [0, 0.05) is 0 Å². The van der Waals surface area contributed by atoms with Crippen LogP contribution in [0.5, 0.6) is 0 Å². The van der Waals surface area contributed by atoms with Gasteiger partial charge in [0.05, 0.1) is 6.61 Å². The van der Waals surface area contributed by atoms with E-state index in [0.29, 0.717) is 0 Å². The minimum atomic E-state index is -1.57. The monoisotopic (exact) mass is 238 g/mol. The fourth-order valence-electron chi connectivity index (χ4n) is 1.36. The topological polar surface area (TPSA) is 137 Å². The summed E-state index contributed by atoms with van der Waals surface area (Å²) in [5, 5.41) is 45.3. The molecule has 1 rings (SSSR count). The molecule has 3 unspecified atom stereocenters. The average Bonchev–Trinajstić information content (AvgIpc) is 2.25. The second kappa shape index (κ2) is 5.53. The van der Waals surface area contributed by atoms with E-state index in [9.17, 15) is 20.1 Å². The summed E-state index contributed by atoms with van der Waals surface area (Å²) in [5.41, 5.74) is 0. The summed E-state index contributed by atoms with van der Waals surface area (Å²) >= 11 is 0. The Balaban J connectivity index is 2.60. The van der Waals surface area contributed by atoms with Crippen LogP contribution in [0.1, 0.15) is 0 Å². The van der Waals surface area contributed by atoms with Gasteiger partial charge in [0.1, 0.15) is 31.0 Å². The van der Waals surface area contributed by atoms with Crippen LogP contribution in [0.3, 0.4) is 0 Å². The Hall–Kier alpha value is -0.770. The highest BCUT2D eigenvalue weighted by Gasteiger charge is 2.44. The first-order valence-corrected chi connectivity index (χ1v) is 4.61. The van der Waals surface area contributed by atoms with Gasteiger partial charge in [0.25, 0.3) is 0 Å². The molecule has 0 saturated carbocycles. The molecule has 8 nitrogen and oxygen atoms in total. The second-order valence-electron chi connectivity index (χ2n) is 3.40. The Morgan fingerprint density at radius 1 is 1.19 bits per heavy atom. The lowest BCUT2D eigenvalue weighted by Crippen LogP contribution is -2.59. The van der Waals surface area contributed by atoms with Crippen LogP contribution in [0.4, 0.5) is 0 Å². The fourth-order valence-corrected chi connectivity index (χ4v) is 1.36. The van der Waals surface area contributed by atoms with E-state index in [1.54, 1.807) is 0 Å². The van der Waals surface area contributed by atoms with Gasteiger partial charge in [0.2, 0.25) is 0 Å². The van der Waals surface area contributed by atoms with Gasteiger partial charge in [0.15, 0.2) is 6.29 Å². The summed E-state index contributed by atoms with van der Waals surface area (Å²) in [6.07, 6.45) is -7.12. The molecule has 1 aliphatic rings. The highest BCUT2D eigenvalue weighted by atomic mass is 16.7. The first kappa shape index (κ1) is 13.3. The van der Waals surface area contributed by atoms with Gasteiger partial charge < -0.3 is 35.0 Å². The van der Waals surface area contributed by atoms with Crippen LogP contribution in [0.15, 0.2) is 0 Å². The molecule has 0 aromatic rings. The molecule has 0 radical (unpaired) electrons. The minimum absolute atomic E-state index is 0.585. The van der Waals surface area contributed by atoms with E-state index >= 15 is 0 Å². The molecule has 16 heavy (non-hydrogen) atoms. The SMILES string of the molecule is O=C(O)CO[C@@H]1OC(CO)[C@H](O)C(O)C1O. The summed E-state index contributed by atoms with van der Waals surface area (Å²) in [5.74, 6) is -1.27. The molecule has 1 heterocycles. The molecule has 1 fully saturated rings. The maximum atomic E-state index is 10.2.